The fourth-order valence-electron chi connectivity index (χ4n) is 4.87. The molecule has 0 aromatic heterocycles. The van der Waals surface area contributed by atoms with Gasteiger partial charge in [0.1, 0.15) is 11.6 Å². The predicted molar refractivity (Wildman–Crippen MR) is 122 cm³/mol. The highest BCUT2D eigenvalue weighted by molar-refractivity contribution is 6.23. The summed E-state index contributed by atoms with van der Waals surface area (Å²) in [5.74, 6) is -1.92. The summed E-state index contributed by atoms with van der Waals surface area (Å²) in [5, 5.41) is 2.21. The predicted octanol–water partition coefficient (Wildman–Crippen LogP) is 2.00. The lowest BCUT2D eigenvalue weighted by molar-refractivity contribution is -0.155. The van der Waals surface area contributed by atoms with Crippen LogP contribution in [0.15, 0.2) is 18.2 Å². The van der Waals surface area contributed by atoms with Gasteiger partial charge in [0.05, 0.1) is 17.5 Å². The number of nitrogens with one attached hydrogen (secondary N) is 1. The zero-order valence-electron chi connectivity index (χ0n) is 19.9. The Morgan fingerprint density at radius 1 is 1.03 bits per heavy atom. The Labute approximate surface area is 198 Å². The maximum atomic E-state index is 13.1. The van der Waals surface area contributed by atoms with Gasteiger partial charge < -0.3 is 9.64 Å². The first-order valence-electron chi connectivity index (χ1n) is 11.8. The van der Waals surface area contributed by atoms with Gasteiger partial charge in [-0.25, -0.2) is 0 Å². The molecular formula is C25H31N3O6. The number of esters is 1. The van der Waals surface area contributed by atoms with Gasteiger partial charge in [-0.05, 0) is 76.7 Å². The van der Waals surface area contributed by atoms with E-state index in [0.29, 0.717) is 24.1 Å². The van der Waals surface area contributed by atoms with Crippen molar-refractivity contribution in [3.63, 3.8) is 0 Å². The van der Waals surface area contributed by atoms with Crippen molar-refractivity contribution in [3.8, 4) is 0 Å². The molecule has 34 heavy (non-hydrogen) atoms. The van der Waals surface area contributed by atoms with Crippen LogP contribution < -0.4 is 5.32 Å². The van der Waals surface area contributed by atoms with Crippen LogP contribution >= 0.6 is 0 Å². The first-order chi connectivity index (χ1) is 16.0. The van der Waals surface area contributed by atoms with Crippen LogP contribution in [0.5, 0.6) is 0 Å². The molecule has 0 saturated carbocycles. The van der Waals surface area contributed by atoms with Crippen LogP contribution in [0.3, 0.4) is 0 Å². The Hall–Kier alpha value is -3.07. The first kappa shape index (κ1) is 24.1. The van der Waals surface area contributed by atoms with E-state index in [1.807, 2.05) is 26.8 Å². The SMILES string of the molecule is CC(C)(C)OC(=O)CCN1CCC(c2ccc3c(c2)C(=O)N(C2CCC(=O)NC2=O)C3=O)CC1. The van der Waals surface area contributed by atoms with Crippen molar-refractivity contribution < 1.29 is 28.7 Å². The summed E-state index contributed by atoms with van der Waals surface area (Å²) in [4.78, 5) is 64.8. The molecule has 1 N–H and O–H groups in total. The number of amides is 4. The number of hydrogen-bond acceptors (Lipinski definition) is 7. The highest BCUT2D eigenvalue weighted by atomic mass is 16.6. The van der Waals surface area contributed by atoms with E-state index in [4.69, 9.17) is 4.74 Å². The van der Waals surface area contributed by atoms with Gasteiger partial charge in [-0.2, -0.15) is 0 Å². The summed E-state index contributed by atoms with van der Waals surface area (Å²) in [6.07, 6.45) is 2.36. The van der Waals surface area contributed by atoms with Gasteiger partial charge in [0.15, 0.2) is 0 Å². The smallest absolute Gasteiger partial charge is 0.307 e. The van der Waals surface area contributed by atoms with E-state index in [9.17, 15) is 24.0 Å². The number of likely N-dealkylation sites (tertiary alicyclic amines) is 1. The molecule has 9 nitrogen and oxygen atoms in total. The number of hydrogen-bond donors (Lipinski definition) is 1. The number of benzene rings is 1. The van der Waals surface area contributed by atoms with Crippen LogP contribution in [0.2, 0.25) is 0 Å². The summed E-state index contributed by atoms with van der Waals surface area (Å²) in [7, 11) is 0. The lowest BCUT2D eigenvalue weighted by atomic mass is 9.88. The second-order valence-corrected chi connectivity index (χ2v) is 10.2. The number of imide groups is 2. The molecule has 4 rings (SSSR count). The topological polar surface area (TPSA) is 113 Å². The van der Waals surface area contributed by atoms with Crippen molar-refractivity contribution >= 4 is 29.6 Å². The maximum Gasteiger partial charge on any atom is 0.307 e. The molecule has 3 aliphatic heterocycles. The number of rotatable bonds is 5. The fraction of sp³-hybridized carbons (Fsp3) is 0.560. The molecule has 0 bridgehead atoms. The van der Waals surface area contributed by atoms with Crippen molar-refractivity contribution in [2.45, 2.75) is 70.4 Å². The lowest BCUT2D eigenvalue weighted by Crippen LogP contribution is -2.54. The third-order valence-electron chi connectivity index (χ3n) is 6.57. The van der Waals surface area contributed by atoms with Crippen LogP contribution in [0, 0.1) is 0 Å². The highest BCUT2D eigenvalue weighted by Crippen LogP contribution is 2.33. The Kier molecular flexibility index (Phi) is 6.58. The van der Waals surface area contributed by atoms with E-state index in [1.54, 1.807) is 12.1 Å². The molecule has 2 fully saturated rings. The monoisotopic (exact) mass is 469 g/mol. The van der Waals surface area contributed by atoms with Gasteiger partial charge in [0.25, 0.3) is 11.8 Å². The van der Waals surface area contributed by atoms with Gasteiger partial charge >= 0.3 is 5.97 Å². The van der Waals surface area contributed by atoms with E-state index in [1.165, 1.54) is 0 Å². The van der Waals surface area contributed by atoms with E-state index >= 15 is 0 Å². The Morgan fingerprint density at radius 3 is 2.35 bits per heavy atom. The third kappa shape index (κ3) is 5.04. The summed E-state index contributed by atoms with van der Waals surface area (Å²) in [6, 6.07) is 4.38. The molecule has 4 amide bonds. The second kappa shape index (κ2) is 9.29. The summed E-state index contributed by atoms with van der Waals surface area (Å²) < 4.78 is 5.37. The number of fused-ring (bicyclic) bond motifs is 1. The van der Waals surface area contributed by atoms with Crippen LogP contribution in [0.4, 0.5) is 0 Å². The number of piperidine rings is 2. The van der Waals surface area contributed by atoms with Crippen molar-refractivity contribution in [2.75, 3.05) is 19.6 Å². The van der Waals surface area contributed by atoms with Crippen molar-refractivity contribution in [1.82, 2.24) is 15.1 Å². The van der Waals surface area contributed by atoms with Crippen LogP contribution in [-0.4, -0.2) is 70.7 Å². The van der Waals surface area contributed by atoms with Crippen molar-refractivity contribution in [3.05, 3.63) is 34.9 Å². The molecule has 1 aromatic carbocycles. The first-order valence-corrected chi connectivity index (χ1v) is 11.8. The Morgan fingerprint density at radius 2 is 1.71 bits per heavy atom. The molecular weight excluding hydrogens is 438 g/mol. The van der Waals surface area contributed by atoms with Crippen LogP contribution in [0.25, 0.3) is 0 Å². The maximum absolute atomic E-state index is 13.1. The standard InChI is InChI=1S/C25H31N3O6/c1-25(2,3)34-21(30)10-13-27-11-8-15(9-12-27)16-4-5-17-18(14-16)24(33)28(23(17)32)19-6-7-20(29)26-22(19)31/h4-5,14-15,19H,6-13H2,1-3H3,(H,26,29,31). The molecule has 9 heteroatoms. The van der Waals surface area contributed by atoms with E-state index in [0.717, 1.165) is 36.4 Å². The van der Waals surface area contributed by atoms with Gasteiger partial charge in [-0.15, -0.1) is 0 Å². The molecule has 182 valence electrons. The normalized spacial score (nSPS) is 22.1. The van der Waals surface area contributed by atoms with Gasteiger partial charge in [0, 0.05) is 13.0 Å². The molecule has 2 saturated heterocycles. The highest BCUT2D eigenvalue weighted by Gasteiger charge is 2.44. The summed E-state index contributed by atoms with van der Waals surface area (Å²) in [5.41, 5.74) is 1.13. The second-order valence-electron chi connectivity index (χ2n) is 10.2. The van der Waals surface area contributed by atoms with E-state index in [2.05, 4.69) is 10.2 Å². The minimum atomic E-state index is -0.957. The molecule has 0 spiro atoms. The average Bonchev–Trinajstić information content (AvgIpc) is 3.01. The summed E-state index contributed by atoms with van der Waals surface area (Å²) >= 11 is 0. The third-order valence-corrected chi connectivity index (χ3v) is 6.57. The molecule has 3 aliphatic rings. The number of nitrogens with zero attached hydrogens (tertiary/aromatic N) is 2. The van der Waals surface area contributed by atoms with Crippen LogP contribution in [-0.2, 0) is 19.1 Å². The molecule has 1 atom stereocenters. The Bertz CT molecular complexity index is 1040. The summed E-state index contributed by atoms with van der Waals surface area (Å²) in [6.45, 7) is 7.89. The lowest BCUT2D eigenvalue weighted by Gasteiger charge is -2.32. The Balaban J connectivity index is 1.37. The van der Waals surface area contributed by atoms with E-state index in [-0.39, 0.29) is 24.7 Å². The van der Waals surface area contributed by atoms with E-state index < -0.39 is 35.3 Å². The minimum Gasteiger partial charge on any atom is -0.460 e. The van der Waals surface area contributed by atoms with Crippen molar-refractivity contribution in [2.24, 2.45) is 0 Å². The van der Waals surface area contributed by atoms with Gasteiger partial charge in [-0.3, -0.25) is 34.2 Å². The number of ether oxygens (including phenoxy) is 1. The fourth-order valence-corrected chi connectivity index (χ4v) is 4.87. The molecule has 1 unspecified atom stereocenters. The molecule has 0 radical (unpaired) electrons. The molecule has 1 aromatic rings. The average molecular weight is 470 g/mol. The molecule has 0 aliphatic carbocycles. The minimum absolute atomic E-state index is 0.0988. The zero-order valence-corrected chi connectivity index (χ0v) is 19.9. The van der Waals surface area contributed by atoms with Gasteiger partial charge in [0.2, 0.25) is 11.8 Å². The van der Waals surface area contributed by atoms with Crippen LogP contribution in [0.1, 0.15) is 85.1 Å². The quantitative estimate of drug-likeness (QED) is 0.518. The van der Waals surface area contributed by atoms with Crippen molar-refractivity contribution in [1.29, 1.82) is 0 Å². The van der Waals surface area contributed by atoms with Gasteiger partial charge in [-0.1, -0.05) is 6.07 Å². The largest absolute Gasteiger partial charge is 0.460 e. The number of carbonyl (C=O) groups excluding carboxylic acids is 5. The zero-order chi connectivity index (χ0) is 24.6. The molecule has 3 heterocycles. The number of carbonyl (C=O) groups is 5.